The second-order valence-electron chi connectivity index (χ2n) is 5.36. The van der Waals surface area contributed by atoms with Gasteiger partial charge in [-0.1, -0.05) is 28.8 Å². The molecule has 0 bridgehead atoms. The summed E-state index contributed by atoms with van der Waals surface area (Å²) >= 11 is 3.48. The van der Waals surface area contributed by atoms with Crippen molar-refractivity contribution in [2.24, 2.45) is 5.84 Å². The molecule has 1 aromatic rings. The first-order valence-corrected chi connectivity index (χ1v) is 7.94. The Hall–Kier alpha value is -0.490. The van der Waals surface area contributed by atoms with Gasteiger partial charge in [0.05, 0.1) is 11.6 Å². The van der Waals surface area contributed by atoms with Crippen molar-refractivity contribution in [1.29, 1.82) is 0 Å². The van der Waals surface area contributed by atoms with Crippen LogP contribution in [0, 0.1) is 5.82 Å². The summed E-state index contributed by atoms with van der Waals surface area (Å²) < 4.78 is 20.4. The molecule has 0 spiro atoms. The summed E-state index contributed by atoms with van der Waals surface area (Å²) in [6, 6.07) is 4.73. The number of ether oxygens (including phenoxy) is 1. The van der Waals surface area contributed by atoms with E-state index in [1.54, 1.807) is 12.1 Å². The van der Waals surface area contributed by atoms with Crippen LogP contribution in [0.4, 0.5) is 4.39 Å². The van der Waals surface area contributed by atoms with Gasteiger partial charge in [0.25, 0.3) is 0 Å². The molecule has 20 heavy (non-hydrogen) atoms. The van der Waals surface area contributed by atoms with E-state index in [-0.39, 0.29) is 17.5 Å². The van der Waals surface area contributed by atoms with Gasteiger partial charge in [0.15, 0.2) is 0 Å². The average Bonchev–Trinajstić information content (AvgIpc) is 2.89. The molecule has 1 fully saturated rings. The highest BCUT2D eigenvalue weighted by Gasteiger charge is 2.41. The maximum absolute atomic E-state index is 13.4. The second kappa shape index (κ2) is 6.98. The minimum Gasteiger partial charge on any atom is -0.374 e. The molecule has 0 radical (unpaired) electrons. The third kappa shape index (κ3) is 3.39. The van der Waals surface area contributed by atoms with E-state index >= 15 is 0 Å². The zero-order chi connectivity index (χ0) is 14.6. The quantitative estimate of drug-likeness (QED) is 0.614. The van der Waals surface area contributed by atoms with Crippen LogP contribution < -0.4 is 11.3 Å². The van der Waals surface area contributed by atoms with Crippen molar-refractivity contribution in [2.45, 2.75) is 50.7 Å². The topological polar surface area (TPSA) is 47.3 Å². The first-order chi connectivity index (χ1) is 9.61. The summed E-state index contributed by atoms with van der Waals surface area (Å²) in [5, 5.41) is 0. The third-order valence-corrected chi connectivity index (χ3v) is 4.92. The van der Waals surface area contributed by atoms with E-state index in [2.05, 4.69) is 21.4 Å². The Kier molecular flexibility index (Phi) is 5.55. The van der Waals surface area contributed by atoms with Crippen molar-refractivity contribution in [1.82, 2.24) is 5.43 Å². The summed E-state index contributed by atoms with van der Waals surface area (Å²) in [7, 11) is 0. The highest BCUT2D eigenvalue weighted by Crippen LogP contribution is 2.37. The van der Waals surface area contributed by atoms with Crippen molar-refractivity contribution in [3.63, 3.8) is 0 Å². The zero-order valence-electron chi connectivity index (χ0n) is 11.8. The van der Waals surface area contributed by atoms with Gasteiger partial charge in [-0.3, -0.25) is 11.3 Å². The van der Waals surface area contributed by atoms with Gasteiger partial charge < -0.3 is 4.74 Å². The molecular weight excluding hydrogens is 323 g/mol. The van der Waals surface area contributed by atoms with Crippen molar-refractivity contribution in [3.8, 4) is 0 Å². The van der Waals surface area contributed by atoms with Crippen LogP contribution in [0.5, 0.6) is 0 Å². The summed E-state index contributed by atoms with van der Waals surface area (Å²) in [5.41, 5.74) is 3.59. The number of halogens is 2. The maximum Gasteiger partial charge on any atom is 0.123 e. The van der Waals surface area contributed by atoms with Gasteiger partial charge in [-0.05, 0) is 49.9 Å². The first kappa shape index (κ1) is 15.9. The summed E-state index contributed by atoms with van der Waals surface area (Å²) in [4.78, 5) is 0. The predicted molar refractivity (Wildman–Crippen MR) is 81.7 cm³/mol. The monoisotopic (exact) mass is 344 g/mol. The van der Waals surface area contributed by atoms with Crippen LogP contribution in [-0.4, -0.2) is 18.2 Å². The lowest BCUT2D eigenvalue weighted by Gasteiger charge is -2.37. The van der Waals surface area contributed by atoms with Crippen molar-refractivity contribution in [3.05, 3.63) is 34.1 Å². The van der Waals surface area contributed by atoms with Crippen LogP contribution in [0.25, 0.3) is 0 Å². The van der Waals surface area contributed by atoms with Gasteiger partial charge in [-0.2, -0.15) is 0 Å². The molecule has 3 N–H and O–H groups in total. The number of nitrogens with one attached hydrogen (secondary N) is 1. The van der Waals surface area contributed by atoms with Crippen LogP contribution in [-0.2, 0) is 11.2 Å². The van der Waals surface area contributed by atoms with Crippen molar-refractivity contribution >= 4 is 15.9 Å². The molecule has 0 amide bonds. The Morgan fingerprint density at radius 3 is 2.75 bits per heavy atom. The van der Waals surface area contributed by atoms with Crippen LogP contribution in [0.15, 0.2) is 22.7 Å². The fourth-order valence-corrected chi connectivity index (χ4v) is 3.58. The van der Waals surface area contributed by atoms with E-state index in [0.29, 0.717) is 13.0 Å². The normalized spacial score (nSPS) is 19.2. The highest BCUT2D eigenvalue weighted by molar-refractivity contribution is 9.10. The SMILES string of the molecule is CCOC1(C(Cc2cc(F)ccc2Br)NN)CCCC1. The molecule has 1 aromatic carbocycles. The lowest BCUT2D eigenvalue weighted by molar-refractivity contribution is -0.0613. The molecule has 1 atom stereocenters. The third-order valence-electron chi connectivity index (χ3n) is 4.15. The van der Waals surface area contributed by atoms with Crippen LogP contribution in [0.1, 0.15) is 38.2 Å². The van der Waals surface area contributed by atoms with Gasteiger partial charge >= 0.3 is 0 Å². The Bertz CT molecular complexity index is 449. The molecular formula is C15H22BrFN2O. The molecule has 112 valence electrons. The molecule has 3 nitrogen and oxygen atoms in total. The molecule has 1 unspecified atom stereocenters. The minimum absolute atomic E-state index is 0.0111. The number of rotatable bonds is 6. The molecule has 1 saturated carbocycles. The molecule has 0 aromatic heterocycles. The van der Waals surface area contributed by atoms with Gasteiger partial charge in [0, 0.05) is 11.1 Å². The smallest absolute Gasteiger partial charge is 0.123 e. The van der Waals surface area contributed by atoms with Crippen LogP contribution in [0.2, 0.25) is 0 Å². The zero-order valence-corrected chi connectivity index (χ0v) is 13.4. The van der Waals surface area contributed by atoms with Crippen LogP contribution in [0.3, 0.4) is 0 Å². The summed E-state index contributed by atoms with van der Waals surface area (Å²) in [5.74, 6) is 5.54. The largest absolute Gasteiger partial charge is 0.374 e. The van der Waals surface area contributed by atoms with E-state index in [9.17, 15) is 4.39 Å². The Morgan fingerprint density at radius 2 is 2.15 bits per heavy atom. The Balaban J connectivity index is 2.21. The lowest BCUT2D eigenvalue weighted by atomic mass is 9.87. The van der Waals surface area contributed by atoms with Crippen LogP contribution >= 0.6 is 15.9 Å². The van der Waals surface area contributed by atoms with Crippen molar-refractivity contribution < 1.29 is 9.13 Å². The van der Waals surface area contributed by atoms with Gasteiger partial charge in [0.2, 0.25) is 0 Å². The molecule has 1 aliphatic rings. The first-order valence-electron chi connectivity index (χ1n) is 7.15. The van der Waals surface area contributed by atoms with Gasteiger partial charge in [-0.25, -0.2) is 4.39 Å². The lowest BCUT2D eigenvalue weighted by Crippen LogP contribution is -2.54. The fourth-order valence-electron chi connectivity index (χ4n) is 3.17. The number of hydrazine groups is 1. The second-order valence-corrected chi connectivity index (χ2v) is 6.22. The summed E-state index contributed by atoms with van der Waals surface area (Å²) in [6.07, 6.45) is 4.96. The maximum atomic E-state index is 13.4. The fraction of sp³-hybridized carbons (Fsp3) is 0.600. The Morgan fingerprint density at radius 1 is 1.45 bits per heavy atom. The number of benzene rings is 1. The molecule has 0 aliphatic heterocycles. The van der Waals surface area contributed by atoms with E-state index in [1.807, 2.05) is 6.92 Å². The van der Waals surface area contributed by atoms with Crippen molar-refractivity contribution in [2.75, 3.05) is 6.61 Å². The number of nitrogens with two attached hydrogens (primary N) is 1. The summed E-state index contributed by atoms with van der Waals surface area (Å²) in [6.45, 7) is 2.67. The van der Waals surface area contributed by atoms with Gasteiger partial charge in [0.1, 0.15) is 5.82 Å². The number of hydrogen-bond donors (Lipinski definition) is 2. The number of hydrogen-bond acceptors (Lipinski definition) is 3. The minimum atomic E-state index is -0.227. The van der Waals surface area contributed by atoms with E-state index in [1.165, 1.54) is 6.07 Å². The van der Waals surface area contributed by atoms with E-state index < -0.39 is 0 Å². The van der Waals surface area contributed by atoms with E-state index in [0.717, 1.165) is 35.7 Å². The van der Waals surface area contributed by atoms with E-state index in [4.69, 9.17) is 10.6 Å². The standard InChI is InChI=1S/C15H22BrFN2O/c1-2-20-15(7-3-4-8-15)14(19-18)10-11-9-12(17)5-6-13(11)16/h5-6,9,14,19H,2-4,7-8,10,18H2,1H3. The molecule has 1 aliphatic carbocycles. The molecule has 0 saturated heterocycles. The highest BCUT2D eigenvalue weighted by atomic mass is 79.9. The molecule has 5 heteroatoms. The average molecular weight is 345 g/mol. The molecule has 0 heterocycles. The Labute approximate surface area is 128 Å². The molecule has 2 rings (SSSR count). The predicted octanol–water partition coefficient (Wildman–Crippen LogP) is 3.31. The van der Waals surface area contributed by atoms with Gasteiger partial charge in [-0.15, -0.1) is 0 Å².